The van der Waals surface area contributed by atoms with Gasteiger partial charge < -0.3 is 96.7 Å². The number of nitro groups is 1. The van der Waals surface area contributed by atoms with Crippen molar-refractivity contribution in [1.29, 1.82) is 21.6 Å². The molecule has 6 atom stereocenters. The monoisotopic (exact) mass is 1000 g/mol. The highest BCUT2D eigenvalue weighted by atomic mass is 16.6. The summed E-state index contributed by atoms with van der Waals surface area (Å²) in [4.78, 5) is 105. The number of carbonyl (C=O) groups excluding carboxylic acids is 6. The first-order valence-electron chi connectivity index (χ1n) is 20.3. The van der Waals surface area contributed by atoms with E-state index in [1.807, 2.05) is 26.6 Å². The number of hydrogen-bond acceptors (Lipinski definition) is 16. The number of amides is 6. The molecule has 0 spiro atoms. The summed E-state index contributed by atoms with van der Waals surface area (Å²) in [6.45, 7) is -0.628. The molecule has 0 saturated heterocycles. The average Bonchev–Trinajstić information content (AvgIpc) is 3.31. The highest BCUT2D eigenvalue weighted by molar-refractivity contribution is 6.01. The van der Waals surface area contributed by atoms with Crippen LogP contribution in [-0.2, 0) is 35.3 Å². The molecule has 0 bridgehead atoms. The highest BCUT2D eigenvalue weighted by Crippen LogP contribution is 2.33. The van der Waals surface area contributed by atoms with Crippen LogP contribution in [0.5, 0.6) is 5.75 Å². The van der Waals surface area contributed by atoms with Crippen LogP contribution in [0.25, 0.3) is 10.8 Å². The van der Waals surface area contributed by atoms with Gasteiger partial charge in [-0.25, -0.2) is 4.79 Å². The fourth-order valence-electron chi connectivity index (χ4n) is 6.53. The van der Waals surface area contributed by atoms with Crippen molar-refractivity contribution in [2.24, 2.45) is 28.7 Å². The quantitative estimate of drug-likeness (QED) is 0.0115. The molecule has 6 unspecified atom stereocenters. The number of aliphatic hydroxyl groups excluding tert-OH is 1. The number of carbonyl (C=O) groups is 7. The highest BCUT2D eigenvalue weighted by Gasteiger charge is 2.36. The Morgan fingerprint density at radius 2 is 1.07 bits per heavy atom. The number of primary amides is 1. The Hall–Kier alpha value is -10.5. The zero-order valence-corrected chi connectivity index (χ0v) is 37.1. The first-order valence-corrected chi connectivity index (χ1v) is 20.3. The first-order chi connectivity index (χ1) is 33.9. The van der Waals surface area contributed by atoms with E-state index in [1.165, 1.54) is 36.4 Å². The summed E-state index contributed by atoms with van der Waals surface area (Å²) in [5.74, 6) is -14.0. The van der Waals surface area contributed by atoms with Crippen LogP contribution in [0.2, 0.25) is 0 Å². The van der Waals surface area contributed by atoms with Crippen molar-refractivity contribution in [3.8, 4) is 5.75 Å². The number of phenols is 1. The van der Waals surface area contributed by atoms with Gasteiger partial charge in [0.2, 0.25) is 12.1 Å². The van der Waals surface area contributed by atoms with Crippen molar-refractivity contribution in [3.63, 3.8) is 0 Å². The number of aromatic carboxylic acids is 1. The lowest BCUT2D eigenvalue weighted by molar-refractivity contribution is -0.384. The lowest BCUT2D eigenvalue weighted by Gasteiger charge is -2.32. The maximum Gasteiger partial charge on any atom is 0.338 e. The summed E-state index contributed by atoms with van der Waals surface area (Å²) in [6.07, 6.45) is -10.7. The minimum atomic E-state index is -2.47. The van der Waals surface area contributed by atoms with E-state index in [0.29, 0.717) is 16.8 Å². The van der Waals surface area contributed by atoms with Crippen LogP contribution in [0.15, 0.2) is 84.9 Å². The van der Waals surface area contributed by atoms with Crippen molar-refractivity contribution in [2.75, 3.05) is 4.90 Å². The number of non-ortho nitro benzene ring substituents is 1. The molecule has 72 heavy (non-hydrogen) atoms. The van der Waals surface area contributed by atoms with Crippen molar-refractivity contribution >= 4 is 87.4 Å². The minimum Gasteiger partial charge on any atom is -0.508 e. The molecule has 0 aliphatic rings. The molecule has 6 amide bonds. The molecule has 0 fully saturated rings. The van der Waals surface area contributed by atoms with E-state index >= 15 is 0 Å². The zero-order chi connectivity index (χ0) is 53.6. The standard InChI is InChI=1S/C40H48N20O12/c41-25(62)26(55-37(42)43)51-31(64)28(57-39(46)47)53-33(66)29(58-40(48)49)54-32(65)27(56-38(44)45)52-30(63)24(17-7-2-1-3-8-17)50-34(67)35(68)59(22-12-11-18(60(71)72)14-20(22)36(69)70)15-21-19-9-5-4-6-16(19)10-13-23(21)61/h1-14,24,26-29,35,61,68H,15H2,(H2,41,62)(H,50,67)(H,51,64)(H,52,63)(H,53,66)(H,54,65)(H,69,70)(H4,42,43,55)(H4,44,45,56)(H4,46,47,57)(H4,48,49,58). The lowest BCUT2D eigenvalue weighted by atomic mass is 10.0. The zero-order valence-electron chi connectivity index (χ0n) is 37.1. The van der Waals surface area contributed by atoms with Crippen molar-refractivity contribution in [2.45, 2.75) is 43.5 Å². The van der Waals surface area contributed by atoms with E-state index in [9.17, 15) is 59.0 Å². The fourth-order valence-corrected chi connectivity index (χ4v) is 6.53. The SMILES string of the molecule is N=C(N)NC(NC(=O)C(NC(=N)N)NC(=O)C(NC(=N)N)NC(=O)C(NC(=N)N)NC(=O)C(NC(=O)C(O)N(Cc1c(O)ccc2ccccc12)c1ccc([N+](=O)[O-])cc1C(=O)O)c1ccccc1)C(N)=O. The van der Waals surface area contributed by atoms with Crippen LogP contribution >= 0.6 is 0 Å². The van der Waals surface area contributed by atoms with Crippen molar-refractivity contribution in [1.82, 2.24) is 47.9 Å². The Kier molecular flexibility index (Phi) is 18.0. The maximum absolute atomic E-state index is 14.3. The summed E-state index contributed by atoms with van der Waals surface area (Å²) in [7, 11) is 0. The molecule has 0 saturated carbocycles. The molecule has 0 aromatic heterocycles. The number of anilines is 1. The molecule has 4 aromatic carbocycles. The Labute approximate surface area is 404 Å². The number of guanidine groups is 4. The number of rotatable bonds is 22. The van der Waals surface area contributed by atoms with Crippen LogP contribution in [0, 0.1) is 31.8 Å². The van der Waals surface area contributed by atoms with Gasteiger partial charge >= 0.3 is 5.97 Å². The molecule has 32 nitrogen and oxygen atoms in total. The number of phenolic OH excluding ortho intramolecular Hbond substituents is 1. The van der Waals surface area contributed by atoms with Crippen LogP contribution in [0.4, 0.5) is 11.4 Å². The molecule has 0 radical (unpaired) electrons. The van der Waals surface area contributed by atoms with Gasteiger partial charge in [0.05, 0.1) is 22.7 Å². The van der Waals surface area contributed by atoms with Crippen molar-refractivity contribution in [3.05, 3.63) is 112 Å². The third-order valence-corrected chi connectivity index (χ3v) is 9.70. The number of carboxylic acids is 1. The lowest BCUT2D eigenvalue weighted by Crippen LogP contribution is -2.68. The van der Waals surface area contributed by atoms with E-state index in [4.69, 9.17) is 50.3 Å². The molecule has 26 N–H and O–H groups in total. The molecule has 32 heteroatoms. The number of nitrogens with zero attached hydrogens (tertiary/aromatic N) is 2. The van der Waals surface area contributed by atoms with E-state index in [0.717, 1.165) is 17.0 Å². The number of nitrogens with one attached hydrogen (secondary N) is 13. The number of benzene rings is 4. The second-order valence-electron chi connectivity index (χ2n) is 14.8. The topological polar surface area (TPSA) is 560 Å². The molecule has 0 aliphatic carbocycles. The number of aliphatic hydroxyl groups is 1. The number of aromatic hydroxyl groups is 1. The third-order valence-electron chi connectivity index (χ3n) is 9.70. The van der Waals surface area contributed by atoms with Gasteiger partial charge in [0.1, 0.15) is 11.8 Å². The van der Waals surface area contributed by atoms with Crippen LogP contribution < -0.4 is 81.4 Å². The Bertz CT molecular complexity index is 2820. The maximum atomic E-state index is 14.3. The third kappa shape index (κ3) is 14.5. The van der Waals surface area contributed by atoms with Crippen molar-refractivity contribution < 1.29 is 53.8 Å². The minimum absolute atomic E-state index is 0.0211. The molecular formula is C40H48N20O12. The molecule has 4 rings (SSSR count). The molecule has 0 aliphatic heterocycles. The summed E-state index contributed by atoms with van der Waals surface area (Å²) >= 11 is 0. The molecule has 380 valence electrons. The molecular weight excluding hydrogens is 953 g/mol. The van der Waals surface area contributed by atoms with Gasteiger partial charge in [-0.2, -0.15) is 0 Å². The van der Waals surface area contributed by atoms with Gasteiger partial charge in [0.15, 0.2) is 48.5 Å². The van der Waals surface area contributed by atoms with Crippen LogP contribution in [-0.4, -0.2) is 116 Å². The van der Waals surface area contributed by atoms with E-state index in [2.05, 4.69) is 21.3 Å². The number of nitro benzene ring substituents is 1. The van der Waals surface area contributed by atoms with Gasteiger partial charge in [0, 0.05) is 17.7 Å². The molecule has 4 aromatic rings. The van der Waals surface area contributed by atoms with E-state index < -0.39 is 131 Å². The largest absolute Gasteiger partial charge is 0.508 e. The van der Waals surface area contributed by atoms with Crippen LogP contribution in [0.1, 0.15) is 27.5 Å². The molecule has 0 heterocycles. The first kappa shape index (κ1) is 54.1. The summed E-state index contributed by atoms with van der Waals surface area (Å²) in [6, 6.07) is 17.1. The smallest absolute Gasteiger partial charge is 0.338 e. The average molecular weight is 1000 g/mol. The number of carboxylic acid groups (broad SMARTS) is 1. The van der Waals surface area contributed by atoms with Crippen LogP contribution in [0.3, 0.4) is 0 Å². The second-order valence-corrected chi connectivity index (χ2v) is 14.8. The number of nitrogens with two attached hydrogens (primary N) is 5. The predicted molar refractivity (Wildman–Crippen MR) is 252 cm³/mol. The predicted octanol–water partition coefficient (Wildman–Crippen LogP) is -5.48. The summed E-state index contributed by atoms with van der Waals surface area (Å²) in [5, 5.41) is 94.9. The summed E-state index contributed by atoms with van der Waals surface area (Å²) in [5.41, 5.74) is 24.9. The Morgan fingerprint density at radius 1 is 0.597 bits per heavy atom. The van der Waals surface area contributed by atoms with Gasteiger partial charge in [-0.05, 0) is 28.5 Å². The fraction of sp³-hybridized carbons (Fsp3) is 0.175. The van der Waals surface area contributed by atoms with Gasteiger partial charge in [-0.1, -0.05) is 60.7 Å². The number of fused-ring (bicyclic) bond motifs is 1. The second kappa shape index (κ2) is 24.0. The van der Waals surface area contributed by atoms with Gasteiger partial charge in [0.25, 0.3) is 35.2 Å². The van der Waals surface area contributed by atoms with Gasteiger partial charge in [-0.15, -0.1) is 0 Å². The Morgan fingerprint density at radius 3 is 1.56 bits per heavy atom. The van der Waals surface area contributed by atoms with E-state index in [1.54, 1.807) is 30.3 Å². The number of hydrogen-bond donors (Lipinski definition) is 21. The normalized spacial score (nSPS) is 13.1. The van der Waals surface area contributed by atoms with Gasteiger partial charge in [-0.3, -0.25) is 60.5 Å². The van der Waals surface area contributed by atoms with E-state index in [-0.39, 0.29) is 16.9 Å². The Balaban J connectivity index is 1.69. The summed E-state index contributed by atoms with van der Waals surface area (Å²) < 4.78 is 0.